The van der Waals surface area contributed by atoms with Crippen LogP contribution in [-0.2, 0) is 0 Å². The molecule has 13 heavy (non-hydrogen) atoms. The summed E-state index contributed by atoms with van der Waals surface area (Å²) in [6, 6.07) is 5.19. The van der Waals surface area contributed by atoms with Gasteiger partial charge in [0.25, 0.3) is 0 Å². The standard InChI is InChI=1S/C9H10N2O2/c1-12-8-4-2-3-7(5-10)9(8)13-6-11/h2-6,10-11H,1H3. The first-order chi connectivity index (χ1) is 6.33. The van der Waals surface area contributed by atoms with E-state index < -0.39 is 0 Å². The van der Waals surface area contributed by atoms with Crippen molar-refractivity contribution in [3.63, 3.8) is 0 Å². The molecule has 68 valence electrons. The van der Waals surface area contributed by atoms with Crippen molar-refractivity contribution in [3.05, 3.63) is 23.8 Å². The lowest BCUT2D eigenvalue weighted by Gasteiger charge is -2.08. The molecule has 0 heterocycles. The third-order valence-electron chi connectivity index (χ3n) is 1.56. The SMILES string of the molecule is COc1cccc(C=N)c1OC=N. The van der Waals surface area contributed by atoms with Crippen LogP contribution in [0.5, 0.6) is 11.5 Å². The minimum Gasteiger partial charge on any atom is -0.493 e. The van der Waals surface area contributed by atoms with E-state index in [4.69, 9.17) is 20.3 Å². The predicted molar refractivity (Wildman–Crippen MR) is 50.3 cm³/mol. The number of benzene rings is 1. The van der Waals surface area contributed by atoms with Crippen LogP contribution in [0, 0.1) is 10.8 Å². The summed E-state index contributed by atoms with van der Waals surface area (Å²) in [5.41, 5.74) is 0.586. The Morgan fingerprint density at radius 1 is 1.31 bits per heavy atom. The van der Waals surface area contributed by atoms with Crippen LogP contribution >= 0.6 is 0 Å². The quantitative estimate of drug-likeness (QED) is 0.544. The van der Waals surface area contributed by atoms with Crippen LogP contribution in [0.3, 0.4) is 0 Å². The third-order valence-corrected chi connectivity index (χ3v) is 1.56. The highest BCUT2D eigenvalue weighted by Gasteiger charge is 2.07. The zero-order valence-electron chi connectivity index (χ0n) is 7.20. The van der Waals surface area contributed by atoms with Crippen LogP contribution in [0.15, 0.2) is 18.2 Å². The van der Waals surface area contributed by atoms with E-state index in [0.29, 0.717) is 17.1 Å². The number of ether oxygens (including phenoxy) is 2. The zero-order valence-corrected chi connectivity index (χ0v) is 7.20. The van der Waals surface area contributed by atoms with E-state index in [9.17, 15) is 0 Å². The number of nitrogens with one attached hydrogen (secondary N) is 2. The molecule has 0 saturated heterocycles. The molecule has 1 aromatic rings. The van der Waals surface area contributed by atoms with Crippen molar-refractivity contribution < 1.29 is 9.47 Å². The largest absolute Gasteiger partial charge is 0.493 e. The monoisotopic (exact) mass is 178 g/mol. The fourth-order valence-electron chi connectivity index (χ4n) is 0.992. The Kier molecular flexibility index (Phi) is 3.03. The molecule has 4 nitrogen and oxygen atoms in total. The molecule has 0 bridgehead atoms. The molecule has 4 heteroatoms. The maximum atomic E-state index is 7.10. The molecule has 0 saturated carbocycles. The Hall–Kier alpha value is -1.84. The topological polar surface area (TPSA) is 66.2 Å². The molecule has 0 spiro atoms. The van der Waals surface area contributed by atoms with Crippen molar-refractivity contribution in [3.8, 4) is 11.5 Å². The van der Waals surface area contributed by atoms with Gasteiger partial charge in [0.2, 0.25) is 0 Å². The first-order valence-electron chi connectivity index (χ1n) is 3.66. The van der Waals surface area contributed by atoms with Gasteiger partial charge in [0.15, 0.2) is 17.9 Å². The average molecular weight is 178 g/mol. The highest BCUT2D eigenvalue weighted by Crippen LogP contribution is 2.29. The van der Waals surface area contributed by atoms with Gasteiger partial charge in [-0.25, -0.2) is 0 Å². The minimum atomic E-state index is 0.398. The van der Waals surface area contributed by atoms with Crippen LogP contribution in [0.1, 0.15) is 5.56 Å². The molecule has 2 N–H and O–H groups in total. The summed E-state index contributed by atoms with van der Waals surface area (Å²) in [5, 5.41) is 13.9. The lowest BCUT2D eigenvalue weighted by molar-refractivity contribution is 0.393. The minimum absolute atomic E-state index is 0.398. The Morgan fingerprint density at radius 3 is 2.62 bits per heavy atom. The summed E-state index contributed by atoms with van der Waals surface area (Å²) in [7, 11) is 1.51. The number of hydrogen-bond donors (Lipinski definition) is 2. The Bertz CT molecular complexity index is 323. The van der Waals surface area contributed by atoms with Crippen molar-refractivity contribution >= 4 is 12.6 Å². The van der Waals surface area contributed by atoms with E-state index in [1.54, 1.807) is 18.2 Å². The molecule has 0 unspecified atom stereocenters. The molecular weight excluding hydrogens is 168 g/mol. The van der Waals surface area contributed by atoms with Gasteiger partial charge in [-0.1, -0.05) is 6.07 Å². The summed E-state index contributed by atoms with van der Waals surface area (Å²) in [4.78, 5) is 0. The first-order valence-corrected chi connectivity index (χ1v) is 3.66. The highest BCUT2D eigenvalue weighted by atomic mass is 16.5. The van der Waals surface area contributed by atoms with Crippen molar-refractivity contribution in [2.45, 2.75) is 0 Å². The van der Waals surface area contributed by atoms with Gasteiger partial charge in [-0.2, -0.15) is 0 Å². The molecule has 0 aromatic heterocycles. The number of methoxy groups -OCH3 is 1. The van der Waals surface area contributed by atoms with Crippen molar-refractivity contribution in [1.82, 2.24) is 0 Å². The maximum Gasteiger partial charge on any atom is 0.179 e. The summed E-state index contributed by atoms with van der Waals surface area (Å²) in [5.74, 6) is 0.916. The smallest absolute Gasteiger partial charge is 0.179 e. The molecule has 0 aliphatic carbocycles. The summed E-state index contributed by atoms with van der Waals surface area (Å²) in [6.45, 7) is 0. The van der Waals surface area contributed by atoms with E-state index in [2.05, 4.69) is 0 Å². The van der Waals surface area contributed by atoms with Gasteiger partial charge in [0.05, 0.1) is 7.11 Å². The molecule has 1 rings (SSSR count). The second-order valence-electron chi connectivity index (χ2n) is 2.26. The molecule has 0 atom stereocenters. The number of rotatable bonds is 4. The van der Waals surface area contributed by atoms with Crippen molar-refractivity contribution in [2.75, 3.05) is 7.11 Å². The van der Waals surface area contributed by atoms with Gasteiger partial charge in [-0.15, -0.1) is 0 Å². The normalized spacial score (nSPS) is 9.00. The third kappa shape index (κ3) is 1.84. The van der Waals surface area contributed by atoms with Gasteiger partial charge in [0.1, 0.15) is 0 Å². The lowest BCUT2D eigenvalue weighted by atomic mass is 10.2. The summed E-state index contributed by atoms with van der Waals surface area (Å²) in [6.07, 6.45) is 1.96. The molecule has 1 aromatic carbocycles. The van der Waals surface area contributed by atoms with E-state index in [-0.39, 0.29) is 0 Å². The van der Waals surface area contributed by atoms with Crippen LogP contribution < -0.4 is 9.47 Å². The second-order valence-corrected chi connectivity index (χ2v) is 2.26. The molecule has 0 aliphatic heterocycles. The second kappa shape index (κ2) is 4.25. The van der Waals surface area contributed by atoms with E-state index in [1.807, 2.05) is 0 Å². The van der Waals surface area contributed by atoms with Gasteiger partial charge >= 0.3 is 0 Å². The fourth-order valence-corrected chi connectivity index (χ4v) is 0.992. The van der Waals surface area contributed by atoms with Crippen LogP contribution in [-0.4, -0.2) is 19.7 Å². The van der Waals surface area contributed by atoms with Gasteiger partial charge in [0, 0.05) is 11.8 Å². The Morgan fingerprint density at radius 2 is 2.08 bits per heavy atom. The predicted octanol–water partition coefficient (Wildman–Crippen LogP) is 1.68. The first kappa shape index (κ1) is 9.25. The van der Waals surface area contributed by atoms with E-state index in [1.165, 1.54) is 7.11 Å². The molecule has 0 aliphatic rings. The number of hydrogen-bond acceptors (Lipinski definition) is 4. The Labute approximate surface area is 76.1 Å². The van der Waals surface area contributed by atoms with E-state index in [0.717, 1.165) is 12.6 Å². The molecule has 0 amide bonds. The van der Waals surface area contributed by atoms with Crippen LogP contribution in [0.25, 0.3) is 0 Å². The maximum absolute atomic E-state index is 7.10. The lowest BCUT2D eigenvalue weighted by Crippen LogP contribution is -1.96. The van der Waals surface area contributed by atoms with Gasteiger partial charge in [-0.3, -0.25) is 5.41 Å². The van der Waals surface area contributed by atoms with E-state index >= 15 is 0 Å². The van der Waals surface area contributed by atoms with Gasteiger partial charge in [-0.05, 0) is 12.1 Å². The van der Waals surface area contributed by atoms with Crippen LogP contribution in [0.4, 0.5) is 0 Å². The number of para-hydroxylation sites is 1. The highest BCUT2D eigenvalue weighted by molar-refractivity contribution is 5.83. The Balaban J connectivity index is 3.20. The summed E-state index contributed by atoms with van der Waals surface area (Å²) >= 11 is 0. The molecular formula is C9H10N2O2. The molecule has 0 radical (unpaired) electrons. The average Bonchev–Trinajstić information content (AvgIpc) is 2.18. The van der Waals surface area contributed by atoms with Gasteiger partial charge < -0.3 is 14.9 Å². The summed E-state index contributed by atoms with van der Waals surface area (Å²) < 4.78 is 9.92. The zero-order chi connectivity index (χ0) is 9.68. The van der Waals surface area contributed by atoms with Crippen LogP contribution in [0.2, 0.25) is 0 Å². The molecule has 0 fully saturated rings. The fraction of sp³-hybridized carbons (Fsp3) is 0.111. The van der Waals surface area contributed by atoms with Crippen molar-refractivity contribution in [2.24, 2.45) is 0 Å². The van der Waals surface area contributed by atoms with Crippen molar-refractivity contribution in [1.29, 1.82) is 10.8 Å².